The molecule has 250 valence electrons. The maximum atomic E-state index is 2.45. The predicted molar refractivity (Wildman–Crippen MR) is 233 cm³/mol. The van der Waals surface area contributed by atoms with Crippen LogP contribution in [0.5, 0.6) is 0 Å². The fourth-order valence-electron chi connectivity index (χ4n) is 9.18. The van der Waals surface area contributed by atoms with Crippen LogP contribution in [0, 0.1) is 0 Å². The summed E-state index contributed by atoms with van der Waals surface area (Å²) in [4.78, 5) is 0. The van der Waals surface area contributed by atoms with Gasteiger partial charge in [0.05, 0.1) is 0 Å². The molecule has 11 aromatic rings. The molecule has 0 aliphatic heterocycles. The second kappa shape index (κ2) is 12.3. The van der Waals surface area contributed by atoms with Gasteiger partial charge in [-0.1, -0.05) is 194 Å². The highest BCUT2D eigenvalue weighted by Gasteiger charge is 2.28. The molecular weight excluding hydrogens is 649 g/mol. The Labute approximate surface area is 314 Å². The maximum Gasteiger partial charge on any atom is -0.000116 e. The predicted octanol–water partition coefficient (Wildman–Crippen LogP) is 15.3. The summed E-state index contributed by atoms with van der Waals surface area (Å²) in [6.07, 6.45) is 0. The molecule has 0 unspecified atom stereocenters. The first-order valence-corrected chi connectivity index (χ1v) is 18.8. The van der Waals surface area contributed by atoms with Crippen molar-refractivity contribution in [3.63, 3.8) is 0 Å². The van der Waals surface area contributed by atoms with Crippen molar-refractivity contribution in [1.82, 2.24) is 0 Å². The molecule has 0 radical (unpaired) electrons. The van der Waals surface area contributed by atoms with Gasteiger partial charge in [-0.25, -0.2) is 0 Å². The van der Waals surface area contributed by atoms with Gasteiger partial charge in [-0.3, -0.25) is 0 Å². The molecule has 11 rings (SSSR count). The Morgan fingerprint density at radius 2 is 0.500 bits per heavy atom. The van der Waals surface area contributed by atoms with Gasteiger partial charge in [-0.15, -0.1) is 0 Å². The summed E-state index contributed by atoms with van der Waals surface area (Å²) < 4.78 is 0. The van der Waals surface area contributed by atoms with E-state index in [1.165, 1.54) is 109 Å². The van der Waals surface area contributed by atoms with Crippen LogP contribution >= 0.6 is 0 Å². The lowest BCUT2D eigenvalue weighted by Gasteiger charge is -2.27. The topological polar surface area (TPSA) is 0 Å². The summed E-state index contributed by atoms with van der Waals surface area (Å²) in [6, 6.07) is 76.2. The van der Waals surface area contributed by atoms with E-state index in [-0.39, 0.29) is 0 Å². The molecule has 0 saturated carbocycles. The van der Waals surface area contributed by atoms with E-state index in [4.69, 9.17) is 0 Å². The van der Waals surface area contributed by atoms with Crippen molar-refractivity contribution in [3.05, 3.63) is 206 Å². The molecular formula is C54H34. The summed E-state index contributed by atoms with van der Waals surface area (Å²) in [5, 5.41) is 15.2. The largest absolute Gasteiger partial charge is 0.0622 e. The highest BCUT2D eigenvalue weighted by Crippen LogP contribution is 2.56. The molecule has 0 aliphatic rings. The molecule has 0 nitrogen and oxygen atoms in total. The van der Waals surface area contributed by atoms with Crippen molar-refractivity contribution in [2.75, 3.05) is 0 Å². The third-order valence-electron chi connectivity index (χ3n) is 11.4. The van der Waals surface area contributed by atoms with Crippen LogP contribution in [0.1, 0.15) is 0 Å². The van der Waals surface area contributed by atoms with Crippen LogP contribution < -0.4 is 0 Å². The maximum absolute atomic E-state index is 2.45. The van der Waals surface area contributed by atoms with Gasteiger partial charge in [0.25, 0.3) is 0 Å². The number of hydrogen-bond donors (Lipinski definition) is 0. The van der Waals surface area contributed by atoms with E-state index >= 15 is 0 Å². The zero-order valence-electron chi connectivity index (χ0n) is 29.6. The molecule has 0 amide bonds. The summed E-state index contributed by atoms with van der Waals surface area (Å²) in [5.74, 6) is 0. The first kappa shape index (κ1) is 30.6. The van der Waals surface area contributed by atoms with Gasteiger partial charge in [-0.05, 0) is 121 Å². The first-order chi connectivity index (χ1) is 26.8. The average molecular weight is 683 g/mol. The Morgan fingerprint density at radius 3 is 0.944 bits per heavy atom. The van der Waals surface area contributed by atoms with E-state index in [0.717, 1.165) is 0 Å². The Hall–Kier alpha value is -7.02. The van der Waals surface area contributed by atoms with Crippen molar-refractivity contribution in [3.8, 4) is 44.5 Å². The summed E-state index contributed by atoms with van der Waals surface area (Å²) in [6.45, 7) is 0. The minimum atomic E-state index is 1.21. The van der Waals surface area contributed by atoms with Crippen molar-refractivity contribution >= 4 is 64.6 Å². The van der Waals surface area contributed by atoms with Gasteiger partial charge in [0.15, 0.2) is 0 Å². The summed E-state index contributed by atoms with van der Waals surface area (Å²) in [7, 11) is 0. The molecule has 0 fully saturated rings. The SMILES string of the molecule is c1ccc(-c2c3ccccc3c(-c3ccccc3)c3c(-c4ccccc4)c4c5cc6ccccc6cc5c5ccccc5c4c(-c4ccccc4)c23)cc1. The molecule has 54 heavy (non-hydrogen) atoms. The quantitative estimate of drug-likeness (QED) is 0.128. The number of hydrogen-bond acceptors (Lipinski definition) is 0. The number of fused-ring (bicyclic) bond motifs is 9. The van der Waals surface area contributed by atoms with E-state index in [2.05, 4.69) is 206 Å². The minimum absolute atomic E-state index is 1.21. The normalized spacial score (nSPS) is 11.7. The van der Waals surface area contributed by atoms with Crippen LogP contribution in [0.4, 0.5) is 0 Å². The van der Waals surface area contributed by atoms with Gasteiger partial charge in [0.1, 0.15) is 0 Å². The van der Waals surface area contributed by atoms with Crippen LogP contribution in [0.15, 0.2) is 206 Å². The molecule has 0 heterocycles. The standard InChI is InChI=1S/C54H34/c1-5-19-35(20-6-1)47-43-31-17-18-32-44(43)48(36-21-7-2-8-22-36)54-50(38-25-11-4-12-26-38)52-46-34-40-28-14-13-27-39(40)33-45(46)41-29-15-16-30-42(41)51(52)49(53(47)54)37-23-9-3-10-24-37/h1-34H. The second-order valence-electron chi connectivity index (χ2n) is 14.3. The Bertz CT molecular complexity index is 3220. The van der Waals surface area contributed by atoms with E-state index in [9.17, 15) is 0 Å². The lowest BCUT2D eigenvalue weighted by molar-refractivity contribution is 1.64. The third kappa shape index (κ3) is 4.57. The molecule has 0 saturated heterocycles. The Kier molecular flexibility index (Phi) is 6.97. The van der Waals surface area contributed by atoms with Gasteiger partial charge >= 0.3 is 0 Å². The number of rotatable bonds is 4. The van der Waals surface area contributed by atoms with Crippen molar-refractivity contribution in [2.45, 2.75) is 0 Å². The molecule has 0 N–H and O–H groups in total. The third-order valence-corrected chi connectivity index (χ3v) is 11.4. The van der Waals surface area contributed by atoms with E-state index in [0.29, 0.717) is 0 Å². The van der Waals surface area contributed by atoms with Gasteiger partial charge in [0.2, 0.25) is 0 Å². The first-order valence-electron chi connectivity index (χ1n) is 18.8. The van der Waals surface area contributed by atoms with Gasteiger partial charge in [-0.2, -0.15) is 0 Å². The Balaban J connectivity index is 1.58. The van der Waals surface area contributed by atoms with E-state index < -0.39 is 0 Å². The van der Waals surface area contributed by atoms with Crippen LogP contribution in [0.2, 0.25) is 0 Å². The lowest BCUT2D eigenvalue weighted by Crippen LogP contribution is -1.99. The molecule has 11 aromatic carbocycles. The van der Waals surface area contributed by atoms with Crippen LogP contribution in [-0.4, -0.2) is 0 Å². The number of benzene rings is 11. The summed E-state index contributed by atoms with van der Waals surface area (Å²) >= 11 is 0. The fourth-order valence-corrected chi connectivity index (χ4v) is 9.18. The molecule has 0 aromatic heterocycles. The van der Waals surface area contributed by atoms with E-state index in [1.807, 2.05) is 0 Å². The van der Waals surface area contributed by atoms with Crippen LogP contribution in [0.3, 0.4) is 0 Å². The van der Waals surface area contributed by atoms with Crippen LogP contribution in [-0.2, 0) is 0 Å². The van der Waals surface area contributed by atoms with Gasteiger partial charge < -0.3 is 0 Å². The fraction of sp³-hybridized carbons (Fsp3) is 0. The van der Waals surface area contributed by atoms with Crippen molar-refractivity contribution in [1.29, 1.82) is 0 Å². The van der Waals surface area contributed by atoms with Crippen molar-refractivity contribution < 1.29 is 0 Å². The monoisotopic (exact) mass is 682 g/mol. The zero-order valence-corrected chi connectivity index (χ0v) is 29.6. The van der Waals surface area contributed by atoms with Crippen LogP contribution in [0.25, 0.3) is 109 Å². The average Bonchev–Trinajstić information content (AvgIpc) is 3.25. The summed E-state index contributed by atoms with van der Waals surface area (Å²) in [5.41, 5.74) is 9.92. The Morgan fingerprint density at radius 1 is 0.185 bits per heavy atom. The molecule has 0 aliphatic carbocycles. The molecule has 0 atom stereocenters. The highest BCUT2D eigenvalue weighted by atomic mass is 14.3. The molecule has 0 spiro atoms. The zero-order chi connectivity index (χ0) is 35.6. The van der Waals surface area contributed by atoms with Gasteiger partial charge in [0, 0.05) is 0 Å². The van der Waals surface area contributed by atoms with E-state index in [1.54, 1.807) is 0 Å². The molecule has 0 heteroatoms. The highest BCUT2D eigenvalue weighted by molar-refractivity contribution is 6.41. The minimum Gasteiger partial charge on any atom is -0.0622 e. The van der Waals surface area contributed by atoms with Crippen molar-refractivity contribution in [2.24, 2.45) is 0 Å². The lowest BCUT2D eigenvalue weighted by atomic mass is 9.75. The molecule has 0 bridgehead atoms. The second-order valence-corrected chi connectivity index (χ2v) is 14.3. The smallest absolute Gasteiger partial charge is 0.000116 e.